The van der Waals surface area contributed by atoms with Crippen LogP contribution in [0.5, 0.6) is 0 Å². The summed E-state index contributed by atoms with van der Waals surface area (Å²) in [5.41, 5.74) is 0. The molecule has 0 aromatic carbocycles. The van der Waals surface area contributed by atoms with E-state index >= 15 is 0 Å². The monoisotopic (exact) mass is 348 g/mol. The van der Waals surface area contributed by atoms with Crippen LogP contribution in [0.2, 0.25) is 0 Å². The fourth-order valence-electron chi connectivity index (χ4n) is 0. The van der Waals surface area contributed by atoms with Crippen LogP contribution in [0, 0.1) is 0 Å². The van der Waals surface area contributed by atoms with Gasteiger partial charge >= 0.3 is 0 Å². The van der Waals surface area contributed by atoms with Crippen molar-refractivity contribution < 1.29 is 82.8 Å². The fraction of sp³-hybridized carbons (Fsp3) is 0. The third kappa shape index (κ3) is 653. The van der Waals surface area contributed by atoms with E-state index in [-0.39, 0.29) is 82.8 Å². The summed E-state index contributed by atoms with van der Waals surface area (Å²) in [5.74, 6) is 0. The first kappa shape index (κ1) is 1250. The molecule has 0 radical (unpaired) electrons. The third-order valence-electron chi connectivity index (χ3n) is 0. The van der Waals surface area contributed by atoms with E-state index in [4.69, 9.17) is 0 Å². The van der Waals surface area contributed by atoms with E-state index in [1.54, 1.807) is 0 Å². The summed E-state index contributed by atoms with van der Waals surface area (Å²) in [6.45, 7) is 0. The molecule has 0 rings (SSSR count). The predicted molar refractivity (Wildman–Crippen MR) is 28.9 cm³/mol. The summed E-state index contributed by atoms with van der Waals surface area (Å²) in [6.07, 6.45) is 0. The van der Waals surface area contributed by atoms with Gasteiger partial charge in [0.25, 0.3) is 0 Å². The van der Waals surface area contributed by atoms with Gasteiger partial charge in [0.05, 0.1) is 0 Å². The maximum Gasteiger partial charge on any atom is 0 e. The van der Waals surface area contributed by atoms with E-state index in [2.05, 4.69) is 0 Å². The largest absolute Gasteiger partial charge is 0.412 e. The van der Waals surface area contributed by atoms with Gasteiger partial charge in [-0.15, -0.1) is 0 Å². The Hall–Kier alpha value is 0.927. The van der Waals surface area contributed by atoms with E-state index in [0.29, 0.717) is 0 Å². The standard InChI is InChI=1S/8H2O.2Ru/h8*1H2;;. The van der Waals surface area contributed by atoms with Crippen LogP contribution in [0.1, 0.15) is 0 Å². The van der Waals surface area contributed by atoms with Gasteiger partial charge in [0.1, 0.15) is 0 Å². The van der Waals surface area contributed by atoms with Gasteiger partial charge in [-0.1, -0.05) is 0 Å². The van der Waals surface area contributed by atoms with Crippen molar-refractivity contribution in [2.24, 2.45) is 0 Å². The van der Waals surface area contributed by atoms with Gasteiger partial charge in [-0.05, 0) is 0 Å². The van der Waals surface area contributed by atoms with Crippen molar-refractivity contribution in [1.82, 2.24) is 0 Å². The molecular formula is H16O8Ru2. The van der Waals surface area contributed by atoms with Gasteiger partial charge in [0, 0.05) is 39.0 Å². The molecule has 16 N–H and O–H groups in total. The van der Waals surface area contributed by atoms with Gasteiger partial charge < -0.3 is 43.8 Å². The van der Waals surface area contributed by atoms with Crippen molar-refractivity contribution >= 4 is 0 Å². The van der Waals surface area contributed by atoms with Crippen LogP contribution in [0.15, 0.2) is 0 Å². The average Bonchev–Trinajstić information content (AvgIpc) is 0. The SMILES string of the molecule is O.O.O.O.O.O.O.O.[Ru].[Ru]. The molecule has 0 saturated carbocycles. The number of hydrogen-bond acceptors (Lipinski definition) is 0. The molecule has 0 heterocycles. The molecule has 0 aliphatic carbocycles. The van der Waals surface area contributed by atoms with E-state index in [9.17, 15) is 0 Å². The number of hydrogen-bond donors (Lipinski definition) is 0. The van der Waals surface area contributed by atoms with Crippen molar-refractivity contribution in [1.29, 1.82) is 0 Å². The van der Waals surface area contributed by atoms with Crippen LogP contribution in [0.3, 0.4) is 0 Å². The molecule has 0 fully saturated rings. The molecule has 10 heteroatoms. The molecule has 0 aliphatic rings. The zero-order valence-corrected chi connectivity index (χ0v) is 8.18. The molecule has 10 heavy (non-hydrogen) atoms. The maximum absolute atomic E-state index is 0. The normalized spacial score (nSPS) is 0. The Kier molecular flexibility index (Phi) is 115000. The zero-order valence-electron chi connectivity index (χ0n) is 4.71. The summed E-state index contributed by atoms with van der Waals surface area (Å²) in [7, 11) is 0. The topological polar surface area (TPSA) is 252 Å². The van der Waals surface area contributed by atoms with Gasteiger partial charge in [-0.2, -0.15) is 0 Å². The van der Waals surface area contributed by atoms with Crippen LogP contribution in [-0.2, 0) is 39.0 Å². The van der Waals surface area contributed by atoms with Crippen LogP contribution in [0.25, 0.3) is 0 Å². The Labute approximate surface area is 83.0 Å². The zero-order chi connectivity index (χ0) is 0. The molecule has 0 aromatic heterocycles. The second-order valence-electron chi connectivity index (χ2n) is 0. The van der Waals surface area contributed by atoms with E-state index in [0.717, 1.165) is 0 Å². The number of rotatable bonds is 0. The summed E-state index contributed by atoms with van der Waals surface area (Å²) in [4.78, 5) is 0. The van der Waals surface area contributed by atoms with Gasteiger partial charge in [-0.3, -0.25) is 0 Å². The van der Waals surface area contributed by atoms with Gasteiger partial charge in [0.2, 0.25) is 0 Å². The summed E-state index contributed by atoms with van der Waals surface area (Å²) in [6, 6.07) is 0. The van der Waals surface area contributed by atoms with Crippen molar-refractivity contribution in [3.8, 4) is 0 Å². The third-order valence-corrected chi connectivity index (χ3v) is 0. The Morgan fingerprint density at radius 3 is 0.200 bits per heavy atom. The quantitative estimate of drug-likeness (QED) is 0.371. The minimum atomic E-state index is 0. The molecule has 0 spiro atoms. The molecule has 0 saturated heterocycles. The van der Waals surface area contributed by atoms with E-state index < -0.39 is 0 Å². The molecule has 0 unspecified atom stereocenters. The van der Waals surface area contributed by atoms with E-state index in [1.807, 2.05) is 0 Å². The summed E-state index contributed by atoms with van der Waals surface area (Å²) >= 11 is 0. The molecule has 8 nitrogen and oxygen atoms in total. The minimum Gasteiger partial charge on any atom is -0.412 e. The second kappa shape index (κ2) is 921. The Morgan fingerprint density at radius 1 is 0.200 bits per heavy atom. The van der Waals surface area contributed by atoms with Crippen molar-refractivity contribution in [3.63, 3.8) is 0 Å². The molecule has 0 aliphatic heterocycles. The van der Waals surface area contributed by atoms with Crippen LogP contribution < -0.4 is 0 Å². The average molecular weight is 346 g/mol. The molecule has 0 atom stereocenters. The fourth-order valence-corrected chi connectivity index (χ4v) is 0. The maximum atomic E-state index is 0. The molecule has 0 amide bonds. The first-order valence-electron chi connectivity index (χ1n) is 0. The smallest absolute Gasteiger partial charge is 0 e. The molecular weight excluding hydrogens is 330 g/mol. The van der Waals surface area contributed by atoms with Crippen LogP contribution in [0.4, 0.5) is 0 Å². The predicted octanol–water partition coefficient (Wildman–Crippen LogP) is -6.60. The minimum absolute atomic E-state index is 0. The van der Waals surface area contributed by atoms with Crippen LogP contribution >= 0.6 is 0 Å². The second-order valence-corrected chi connectivity index (χ2v) is 0. The summed E-state index contributed by atoms with van der Waals surface area (Å²) in [5, 5.41) is 0. The van der Waals surface area contributed by atoms with E-state index in [1.165, 1.54) is 0 Å². The first-order valence-corrected chi connectivity index (χ1v) is 0. The molecule has 0 aromatic rings. The van der Waals surface area contributed by atoms with Crippen molar-refractivity contribution in [2.75, 3.05) is 0 Å². The van der Waals surface area contributed by atoms with Crippen LogP contribution in [-0.4, -0.2) is 43.8 Å². The Bertz CT molecular complexity index is 7.22. The van der Waals surface area contributed by atoms with Gasteiger partial charge in [-0.25, -0.2) is 0 Å². The van der Waals surface area contributed by atoms with Crippen molar-refractivity contribution in [2.45, 2.75) is 0 Å². The van der Waals surface area contributed by atoms with Crippen molar-refractivity contribution in [3.05, 3.63) is 0 Å². The Morgan fingerprint density at radius 2 is 0.200 bits per heavy atom. The molecule has 80 valence electrons. The molecule has 0 bridgehead atoms. The Balaban J connectivity index is 0. The summed E-state index contributed by atoms with van der Waals surface area (Å²) < 4.78 is 0. The van der Waals surface area contributed by atoms with Gasteiger partial charge in [0.15, 0.2) is 0 Å². The first-order chi connectivity index (χ1) is 0.